The van der Waals surface area contributed by atoms with E-state index in [1.165, 1.54) is 4.90 Å². The summed E-state index contributed by atoms with van der Waals surface area (Å²) < 4.78 is 0. The first kappa shape index (κ1) is 12.1. The van der Waals surface area contributed by atoms with E-state index in [0.717, 1.165) is 36.1 Å². The molecule has 0 N–H and O–H groups in total. The van der Waals surface area contributed by atoms with E-state index in [9.17, 15) is 9.59 Å². The highest BCUT2D eigenvalue weighted by molar-refractivity contribution is 6.23. The summed E-state index contributed by atoms with van der Waals surface area (Å²) in [6, 6.07) is 5.98. The Hall–Kier alpha value is -1.64. The van der Waals surface area contributed by atoms with Crippen LogP contribution in [0.2, 0.25) is 0 Å². The zero-order chi connectivity index (χ0) is 14.0. The number of carbonyl (C=O) groups excluding carboxylic acids is 2. The first-order chi connectivity index (χ1) is 9.58. The number of fused-ring (bicyclic) bond motifs is 5. The Morgan fingerprint density at radius 3 is 2.20 bits per heavy atom. The third-order valence-electron chi connectivity index (χ3n) is 5.53. The van der Waals surface area contributed by atoms with Crippen LogP contribution in [0.4, 0.5) is 5.69 Å². The first-order valence-electron chi connectivity index (χ1n) is 7.53. The van der Waals surface area contributed by atoms with Crippen LogP contribution in [0.15, 0.2) is 18.2 Å². The minimum atomic E-state index is -0.0267. The van der Waals surface area contributed by atoms with Crippen molar-refractivity contribution in [2.45, 2.75) is 33.1 Å². The molecule has 0 spiro atoms. The lowest BCUT2D eigenvalue weighted by Gasteiger charge is -2.19. The van der Waals surface area contributed by atoms with Crippen molar-refractivity contribution in [3.05, 3.63) is 29.3 Å². The Kier molecular flexibility index (Phi) is 2.39. The summed E-state index contributed by atoms with van der Waals surface area (Å²) in [7, 11) is 0. The molecule has 2 bridgehead atoms. The summed E-state index contributed by atoms with van der Waals surface area (Å²) in [5.41, 5.74) is 2.89. The molecule has 3 fully saturated rings. The number of rotatable bonds is 1. The van der Waals surface area contributed by atoms with E-state index in [2.05, 4.69) is 0 Å². The maximum absolute atomic E-state index is 12.8. The van der Waals surface area contributed by atoms with Gasteiger partial charge in [-0.1, -0.05) is 12.1 Å². The Bertz CT molecular complexity index is 593. The number of anilines is 1. The van der Waals surface area contributed by atoms with Crippen LogP contribution >= 0.6 is 0 Å². The molecule has 20 heavy (non-hydrogen) atoms. The van der Waals surface area contributed by atoms with Gasteiger partial charge in [0.2, 0.25) is 11.8 Å². The van der Waals surface area contributed by atoms with E-state index in [1.54, 1.807) is 0 Å². The van der Waals surface area contributed by atoms with Crippen molar-refractivity contribution in [1.29, 1.82) is 0 Å². The normalized spacial score (nSPS) is 35.0. The molecule has 0 unspecified atom stereocenters. The minimum absolute atomic E-state index is 0.0267. The molecule has 2 saturated carbocycles. The SMILES string of the molecule is Cc1ccc(C)c(N2C(=O)[C@@H]3[C@H]4CC[C@@H](C4)[C@H]3C2=O)c1. The van der Waals surface area contributed by atoms with Crippen molar-refractivity contribution in [2.24, 2.45) is 23.7 Å². The molecule has 1 aromatic rings. The average molecular weight is 269 g/mol. The summed E-state index contributed by atoms with van der Waals surface area (Å²) in [5, 5.41) is 0. The summed E-state index contributed by atoms with van der Waals surface area (Å²) in [6.07, 6.45) is 3.35. The van der Waals surface area contributed by atoms with Crippen LogP contribution < -0.4 is 4.90 Å². The summed E-state index contributed by atoms with van der Waals surface area (Å²) >= 11 is 0. The van der Waals surface area contributed by atoms with Gasteiger partial charge < -0.3 is 0 Å². The molecule has 1 aromatic carbocycles. The van der Waals surface area contributed by atoms with Gasteiger partial charge in [0.1, 0.15) is 0 Å². The standard InChI is InChI=1S/C17H19NO2/c1-9-3-4-10(2)13(7-9)18-16(19)14-11-5-6-12(8-11)15(14)17(18)20/h3-4,7,11-12,14-15H,5-6,8H2,1-2H3/t11-,12-,14+,15+/m0/s1. The second-order valence-corrected chi connectivity index (χ2v) is 6.69. The molecule has 3 aliphatic rings. The van der Waals surface area contributed by atoms with E-state index in [4.69, 9.17) is 0 Å². The molecule has 4 rings (SSSR count). The smallest absolute Gasteiger partial charge is 0.237 e. The number of carbonyl (C=O) groups is 2. The number of hydrogen-bond acceptors (Lipinski definition) is 2. The molecular formula is C17H19NO2. The molecule has 104 valence electrons. The van der Waals surface area contributed by atoms with Crippen LogP contribution in [-0.2, 0) is 9.59 Å². The van der Waals surface area contributed by atoms with Crippen LogP contribution in [0, 0.1) is 37.5 Å². The predicted octanol–water partition coefficient (Wildman–Crippen LogP) is 2.84. The molecule has 1 heterocycles. The summed E-state index contributed by atoms with van der Waals surface area (Å²) in [4.78, 5) is 27.0. The highest BCUT2D eigenvalue weighted by atomic mass is 16.2. The highest BCUT2D eigenvalue weighted by Gasteiger charge is 2.61. The fourth-order valence-electron chi connectivity index (χ4n) is 4.61. The molecule has 0 radical (unpaired) electrons. The lowest BCUT2D eigenvalue weighted by molar-refractivity contribution is -0.123. The van der Waals surface area contributed by atoms with E-state index in [0.29, 0.717) is 11.8 Å². The lowest BCUT2D eigenvalue weighted by Crippen LogP contribution is -2.33. The number of imide groups is 1. The lowest BCUT2D eigenvalue weighted by atomic mass is 9.81. The molecule has 4 atom stereocenters. The third-order valence-corrected chi connectivity index (χ3v) is 5.53. The molecule has 2 amide bonds. The van der Waals surface area contributed by atoms with Gasteiger partial charge in [-0.3, -0.25) is 9.59 Å². The molecule has 1 aliphatic heterocycles. The Labute approximate surface area is 119 Å². The van der Waals surface area contributed by atoms with Crippen molar-refractivity contribution in [3.8, 4) is 0 Å². The van der Waals surface area contributed by atoms with Crippen LogP contribution in [0.1, 0.15) is 30.4 Å². The molecule has 0 aromatic heterocycles. The zero-order valence-corrected chi connectivity index (χ0v) is 11.9. The number of aryl methyl sites for hydroxylation is 2. The topological polar surface area (TPSA) is 37.4 Å². The highest BCUT2D eigenvalue weighted by Crippen LogP contribution is 2.56. The Morgan fingerprint density at radius 1 is 1.00 bits per heavy atom. The van der Waals surface area contributed by atoms with Crippen molar-refractivity contribution in [3.63, 3.8) is 0 Å². The molecule has 1 saturated heterocycles. The third kappa shape index (κ3) is 1.41. The monoisotopic (exact) mass is 269 g/mol. The van der Waals surface area contributed by atoms with E-state index in [1.807, 2.05) is 32.0 Å². The minimum Gasteiger partial charge on any atom is -0.274 e. The van der Waals surface area contributed by atoms with Gasteiger partial charge in [-0.2, -0.15) is 0 Å². The fourth-order valence-corrected chi connectivity index (χ4v) is 4.61. The van der Waals surface area contributed by atoms with Gasteiger partial charge in [0.25, 0.3) is 0 Å². The average Bonchev–Trinajstić information content (AvgIpc) is 3.08. The molecule has 3 heteroatoms. The summed E-state index contributed by atoms with van der Waals surface area (Å²) in [6.45, 7) is 3.97. The van der Waals surface area contributed by atoms with E-state index in [-0.39, 0.29) is 23.7 Å². The predicted molar refractivity (Wildman–Crippen MR) is 76.2 cm³/mol. The number of hydrogen-bond donors (Lipinski definition) is 0. The maximum atomic E-state index is 12.8. The molecule has 2 aliphatic carbocycles. The molecule has 3 nitrogen and oxygen atoms in total. The fraction of sp³-hybridized carbons (Fsp3) is 0.529. The van der Waals surface area contributed by atoms with Gasteiger partial charge in [0, 0.05) is 0 Å². The van der Waals surface area contributed by atoms with Crippen LogP contribution in [0.25, 0.3) is 0 Å². The number of benzene rings is 1. The van der Waals surface area contributed by atoms with Crippen LogP contribution in [-0.4, -0.2) is 11.8 Å². The van der Waals surface area contributed by atoms with Gasteiger partial charge >= 0.3 is 0 Å². The van der Waals surface area contributed by atoms with Gasteiger partial charge in [0.15, 0.2) is 0 Å². The van der Waals surface area contributed by atoms with Crippen molar-refractivity contribution < 1.29 is 9.59 Å². The largest absolute Gasteiger partial charge is 0.274 e. The second kappa shape index (κ2) is 3.94. The number of nitrogens with zero attached hydrogens (tertiary/aromatic N) is 1. The van der Waals surface area contributed by atoms with Gasteiger partial charge in [-0.25, -0.2) is 4.90 Å². The van der Waals surface area contributed by atoms with Crippen LogP contribution in [0.3, 0.4) is 0 Å². The van der Waals surface area contributed by atoms with E-state index >= 15 is 0 Å². The van der Waals surface area contributed by atoms with Crippen molar-refractivity contribution in [1.82, 2.24) is 0 Å². The Morgan fingerprint density at radius 2 is 1.60 bits per heavy atom. The van der Waals surface area contributed by atoms with Gasteiger partial charge in [-0.15, -0.1) is 0 Å². The van der Waals surface area contributed by atoms with E-state index < -0.39 is 0 Å². The first-order valence-corrected chi connectivity index (χ1v) is 7.53. The second-order valence-electron chi connectivity index (χ2n) is 6.69. The van der Waals surface area contributed by atoms with Gasteiger partial charge in [-0.05, 0) is 62.1 Å². The van der Waals surface area contributed by atoms with Crippen LogP contribution in [0.5, 0.6) is 0 Å². The maximum Gasteiger partial charge on any atom is 0.237 e. The quantitative estimate of drug-likeness (QED) is 0.735. The molecular weight excluding hydrogens is 250 g/mol. The zero-order valence-electron chi connectivity index (χ0n) is 11.9. The Balaban J connectivity index is 1.79. The number of amides is 2. The van der Waals surface area contributed by atoms with Gasteiger partial charge in [0.05, 0.1) is 17.5 Å². The summed E-state index contributed by atoms with van der Waals surface area (Å²) in [5.74, 6) is 0.970. The van der Waals surface area contributed by atoms with Crippen molar-refractivity contribution >= 4 is 17.5 Å². The van der Waals surface area contributed by atoms with Crippen molar-refractivity contribution in [2.75, 3.05) is 4.90 Å².